The van der Waals surface area contributed by atoms with Crippen molar-refractivity contribution in [3.05, 3.63) is 51.5 Å². The van der Waals surface area contributed by atoms with E-state index in [1.165, 1.54) is 19.4 Å². The number of rotatable bonds is 8. The third-order valence-corrected chi connectivity index (χ3v) is 5.09. The van der Waals surface area contributed by atoms with Crippen LogP contribution in [0.5, 0.6) is 11.5 Å². The Hall–Kier alpha value is -3.30. The minimum atomic E-state index is -0.864. The molecule has 3 N–H and O–H groups in total. The van der Waals surface area contributed by atoms with E-state index in [1.807, 2.05) is 6.92 Å². The van der Waals surface area contributed by atoms with Crippen LogP contribution in [0.2, 0.25) is 10.0 Å². The van der Waals surface area contributed by atoms with E-state index < -0.39 is 17.7 Å². The van der Waals surface area contributed by atoms with Crippen LogP contribution >= 0.6 is 23.2 Å². The first-order valence-corrected chi connectivity index (χ1v) is 10.7. The van der Waals surface area contributed by atoms with Crippen LogP contribution in [0, 0.1) is 6.92 Å². The lowest BCUT2D eigenvalue weighted by molar-refractivity contribution is -0.139. The molecule has 174 valence electrons. The maximum Gasteiger partial charge on any atom is 0.329 e. The average Bonchev–Trinajstić information content (AvgIpc) is 3.59. The fourth-order valence-electron chi connectivity index (χ4n) is 2.70. The summed E-state index contributed by atoms with van der Waals surface area (Å²) in [6, 6.07) is 8.30. The van der Waals surface area contributed by atoms with Crippen LogP contribution in [-0.4, -0.2) is 43.7 Å². The van der Waals surface area contributed by atoms with Crippen molar-refractivity contribution < 1.29 is 23.9 Å². The summed E-state index contributed by atoms with van der Waals surface area (Å²) in [4.78, 5) is 35.6. The molecule has 3 rings (SSSR count). The maximum absolute atomic E-state index is 12.3. The Morgan fingerprint density at radius 3 is 2.61 bits per heavy atom. The van der Waals surface area contributed by atoms with E-state index in [4.69, 9.17) is 32.7 Å². The van der Waals surface area contributed by atoms with Gasteiger partial charge in [0.15, 0.2) is 18.1 Å². The quantitative estimate of drug-likeness (QED) is 0.297. The van der Waals surface area contributed by atoms with E-state index in [1.54, 1.807) is 24.3 Å². The average molecular weight is 493 g/mol. The summed E-state index contributed by atoms with van der Waals surface area (Å²) in [6.45, 7) is 1.52. The van der Waals surface area contributed by atoms with Crippen molar-refractivity contribution in [1.29, 1.82) is 0 Å². The number of carbonyl (C=O) groups is 3. The number of halogens is 2. The SMILES string of the molecule is COc1cc(/C=N\NC(=O)C(=O)NC2CC2)cc(Cl)c1OCC(=O)Nc1cc(Cl)ccc1C. The lowest BCUT2D eigenvalue weighted by Gasteiger charge is -2.14. The molecule has 11 heteroatoms. The summed E-state index contributed by atoms with van der Waals surface area (Å²) in [5.74, 6) is -1.58. The van der Waals surface area contributed by atoms with Gasteiger partial charge in [-0.3, -0.25) is 14.4 Å². The van der Waals surface area contributed by atoms with Gasteiger partial charge >= 0.3 is 11.8 Å². The van der Waals surface area contributed by atoms with Crippen LogP contribution in [0.4, 0.5) is 5.69 Å². The molecule has 0 unspecified atom stereocenters. The van der Waals surface area contributed by atoms with Crippen molar-refractivity contribution in [2.75, 3.05) is 19.0 Å². The summed E-state index contributed by atoms with van der Waals surface area (Å²) in [5.41, 5.74) is 4.05. The maximum atomic E-state index is 12.3. The molecule has 0 aromatic heterocycles. The number of nitrogens with one attached hydrogen (secondary N) is 3. The molecule has 0 heterocycles. The van der Waals surface area contributed by atoms with Gasteiger partial charge in [-0.15, -0.1) is 0 Å². The summed E-state index contributed by atoms with van der Waals surface area (Å²) in [6.07, 6.45) is 3.04. The lowest BCUT2D eigenvalue weighted by atomic mass is 10.2. The molecule has 0 spiro atoms. The van der Waals surface area contributed by atoms with Crippen LogP contribution < -0.4 is 25.5 Å². The molecule has 33 heavy (non-hydrogen) atoms. The van der Waals surface area contributed by atoms with Crippen LogP contribution in [0.15, 0.2) is 35.4 Å². The van der Waals surface area contributed by atoms with Crippen molar-refractivity contribution in [3.8, 4) is 11.5 Å². The molecule has 3 amide bonds. The van der Waals surface area contributed by atoms with E-state index in [0.717, 1.165) is 18.4 Å². The van der Waals surface area contributed by atoms with Gasteiger partial charge in [0, 0.05) is 16.8 Å². The van der Waals surface area contributed by atoms with Crippen molar-refractivity contribution in [2.24, 2.45) is 5.10 Å². The molecule has 9 nitrogen and oxygen atoms in total. The first kappa shape index (κ1) is 24.3. The molecule has 2 aromatic rings. The first-order valence-electron chi connectivity index (χ1n) is 9.97. The Labute approximate surface area is 200 Å². The third-order valence-electron chi connectivity index (χ3n) is 4.57. The van der Waals surface area contributed by atoms with Gasteiger partial charge in [0.25, 0.3) is 5.91 Å². The Balaban J connectivity index is 1.60. The lowest BCUT2D eigenvalue weighted by Crippen LogP contribution is -2.38. The number of carbonyl (C=O) groups excluding carboxylic acids is 3. The molecular weight excluding hydrogens is 471 g/mol. The molecule has 0 aliphatic heterocycles. The number of ether oxygens (including phenoxy) is 2. The first-order chi connectivity index (χ1) is 15.8. The number of nitrogens with zero attached hydrogens (tertiary/aromatic N) is 1. The topological polar surface area (TPSA) is 118 Å². The van der Waals surface area contributed by atoms with Gasteiger partial charge in [0.05, 0.1) is 18.3 Å². The van der Waals surface area contributed by atoms with Gasteiger partial charge in [-0.25, -0.2) is 5.43 Å². The number of hydrazone groups is 1. The predicted molar refractivity (Wildman–Crippen MR) is 125 cm³/mol. The van der Waals surface area contributed by atoms with Crippen LogP contribution in [-0.2, 0) is 14.4 Å². The van der Waals surface area contributed by atoms with E-state index in [-0.39, 0.29) is 29.2 Å². The number of hydrogen-bond acceptors (Lipinski definition) is 6. The molecule has 2 aromatic carbocycles. The van der Waals surface area contributed by atoms with Crippen molar-refractivity contribution >= 4 is 52.8 Å². The highest BCUT2D eigenvalue weighted by molar-refractivity contribution is 6.35. The second kappa shape index (κ2) is 11.0. The zero-order chi connectivity index (χ0) is 24.0. The van der Waals surface area contributed by atoms with Gasteiger partial charge in [-0.1, -0.05) is 29.3 Å². The summed E-state index contributed by atoms with van der Waals surface area (Å²) in [7, 11) is 1.42. The number of amides is 3. The van der Waals surface area contributed by atoms with E-state index in [2.05, 4.69) is 21.2 Å². The van der Waals surface area contributed by atoms with Gasteiger partial charge in [-0.05, 0) is 55.2 Å². The number of hydrogen-bond donors (Lipinski definition) is 3. The Kier molecular flexibility index (Phi) is 8.13. The highest BCUT2D eigenvalue weighted by atomic mass is 35.5. The number of benzene rings is 2. The smallest absolute Gasteiger partial charge is 0.329 e. The van der Waals surface area contributed by atoms with Crippen LogP contribution in [0.25, 0.3) is 0 Å². The molecule has 0 atom stereocenters. The minimum absolute atomic E-state index is 0.0689. The fraction of sp³-hybridized carbons (Fsp3) is 0.273. The zero-order valence-electron chi connectivity index (χ0n) is 17.9. The minimum Gasteiger partial charge on any atom is -0.493 e. The fourth-order valence-corrected chi connectivity index (χ4v) is 3.15. The Morgan fingerprint density at radius 1 is 1.15 bits per heavy atom. The highest BCUT2D eigenvalue weighted by Crippen LogP contribution is 2.36. The number of aryl methyl sites for hydroxylation is 1. The van der Waals surface area contributed by atoms with Gasteiger partial charge in [0.2, 0.25) is 0 Å². The second-order valence-corrected chi connectivity index (χ2v) is 8.12. The Bertz CT molecular complexity index is 1100. The molecule has 1 aliphatic carbocycles. The molecule has 1 fully saturated rings. The largest absolute Gasteiger partial charge is 0.493 e. The summed E-state index contributed by atoms with van der Waals surface area (Å²) in [5, 5.41) is 9.71. The second-order valence-electron chi connectivity index (χ2n) is 7.28. The molecular formula is C22H22Cl2N4O5. The van der Waals surface area contributed by atoms with Gasteiger partial charge < -0.3 is 20.1 Å². The van der Waals surface area contributed by atoms with E-state index in [9.17, 15) is 14.4 Å². The van der Waals surface area contributed by atoms with E-state index >= 15 is 0 Å². The third kappa shape index (κ3) is 7.10. The zero-order valence-corrected chi connectivity index (χ0v) is 19.4. The van der Waals surface area contributed by atoms with Crippen molar-refractivity contribution in [1.82, 2.24) is 10.7 Å². The van der Waals surface area contributed by atoms with Gasteiger partial charge in [-0.2, -0.15) is 5.10 Å². The summed E-state index contributed by atoms with van der Waals surface area (Å²) < 4.78 is 10.9. The van der Waals surface area contributed by atoms with E-state index in [0.29, 0.717) is 16.3 Å². The van der Waals surface area contributed by atoms with Crippen molar-refractivity contribution in [2.45, 2.75) is 25.8 Å². The summed E-state index contributed by atoms with van der Waals surface area (Å²) >= 11 is 12.3. The van der Waals surface area contributed by atoms with Crippen LogP contribution in [0.3, 0.4) is 0 Å². The number of methoxy groups -OCH3 is 1. The van der Waals surface area contributed by atoms with Crippen LogP contribution in [0.1, 0.15) is 24.0 Å². The standard InChI is InChI=1S/C22H22Cl2N4O5/c1-12-3-4-14(23)9-17(12)27-19(29)11-33-20-16(24)7-13(8-18(20)32-2)10-25-28-22(31)21(30)26-15-5-6-15/h3-4,7-10,15H,5-6,11H2,1-2H3,(H,26,30)(H,27,29)(H,28,31)/b25-10-. The molecule has 0 radical (unpaired) electrons. The highest BCUT2D eigenvalue weighted by Gasteiger charge is 2.26. The predicted octanol–water partition coefficient (Wildman–Crippen LogP) is 3.06. The normalized spacial score (nSPS) is 12.8. The Morgan fingerprint density at radius 2 is 1.91 bits per heavy atom. The number of anilines is 1. The van der Waals surface area contributed by atoms with Crippen molar-refractivity contribution in [3.63, 3.8) is 0 Å². The molecule has 0 saturated heterocycles. The molecule has 0 bridgehead atoms. The molecule has 1 aliphatic rings. The van der Waals surface area contributed by atoms with Gasteiger partial charge in [0.1, 0.15) is 0 Å². The molecule has 1 saturated carbocycles. The monoisotopic (exact) mass is 492 g/mol.